The molecule has 4 aromatic rings. The Morgan fingerprint density at radius 1 is 0.964 bits per heavy atom. The first kappa shape index (κ1) is 16.8. The van der Waals surface area contributed by atoms with Gasteiger partial charge in [-0.15, -0.1) is 0 Å². The van der Waals surface area contributed by atoms with Gasteiger partial charge in [-0.05, 0) is 49.4 Å². The van der Waals surface area contributed by atoms with Crippen molar-refractivity contribution in [1.82, 2.24) is 4.57 Å². The van der Waals surface area contributed by atoms with Gasteiger partial charge in [-0.1, -0.05) is 23.7 Å². The summed E-state index contributed by atoms with van der Waals surface area (Å²) < 4.78 is 2.07. The van der Waals surface area contributed by atoms with Crippen LogP contribution in [-0.4, -0.2) is 21.5 Å². The quantitative estimate of drug-likeness (QED) is 0.491. The number of imide groups is 1. The Bertz CT molecular complexity index is 1320. The van der Waals surface area contributed by atoms with Crippen molar-refractivity contribution in [3.8, 4) is 5.75 Å². The second-order valence-corrected chi connectivity index (χ2v) is 7.13. The van der Waals surface area contributed by atoms with Crippen molar-refractivity contribution in [3.63, 3.8) is 0 Å². The SMILES string of the molecule is CCn1c2ccc(O)cc2c2c3c(ccc21)C(=O)N(c1ccccc1Cl)C3=O. The molecule has 3 aromatic carbocycles. The topological polar surface area (TPSA) is 62.5 Å². The van der Waals surface area contributed by atoms with Gasteiger partial charge in [0, 0.05) is 28.4 Å². The van der Waals surface area contributed by atoms with Crippen molar-refractivity contribution in [1.29, 1.82) is 0 Å². The van der Waals surface area contributed by atoms with E-state index in [0.717, 1.165) is 21.3 Å². The van der Waals surface area contributed by atoms with Gasteiger partial charge < -0.3 is 9.67 Å². The third-order valence-corrected chi connectivity index (χ3v) is 5.59. The number of aromatic hydroxyl groups is 1. The molecule has 1 aliphatic heterocycles. The lowest BCUT2D eigenvalue weighted by atomic mass is 10.0. The predicted octanol–water partition coefficient (Wildman–Crippen LogP) is 4.97. The lowest BCUT2D eigenvalue weighted by Gasteiger charge is -2.15. The number of phenolic OH excluding ortho intramolecular Hbond substituents is 1. The predicted molar refractivity (Wildman–Crippen MR) is 109 cm³/mol. The van der Waals surface area contributed by atoms with Crippen LogP contribution in [0, 0.1) is 0 Å². The third-order valence-electron chi connectivity index (χ3n) is 5.27. The van der Waals surface area contributed by atoms with Gasteiger partial charge in [0.15, 0.2) is 0 Å². The number of rotatable bonds is 2. The summed E-state index contributed by atoms with van der Waals surface area (Å²) in [4.78, 5) is 27.6. The van der Waals surface area contributed by atoms with Crippen LogP contribution >= 0.6 is 11.6 Å². The monoisotopic (exact) mass is 390 g/mol. The molecule has 0 saturated heterocycles. The molecule has 138 valence electrons. The van der Waals surface area contributed by atoms with E-state index in [0.29, 0.717) is 33.8 Å². The number of aryl methyl sites for hydroxylation is 1. The number of anilines is 1. The van der Waals surface area contributed by atoms with Crippen LogP contribution in [0.1, 0.15) is 27.6 Å². The van der Waals surface area contributed by atoms with Gasteiger partial charge in [-0.3, -0.25) is 9.59 Å². The number of hydrogen-bond donors (Lipinski definition) is 1. The Labute approximate surface area is 165 Å². The summed E-state index contributed by atoms with van der Waals surface area (Å²) in [5.41, 5.74) is 2.82. The second-order valence-electron chi connectivity index (χ2n) is 6.73. The summed E-state index contributed by atoms with van der Waals surface area (Å²) in [6, 6.07) is 15.4. The van der Waals surface area contributed by atoms with E-state index in [1.165, 1.54) is 0 Å². The Hall–Kier alpha value is -3.31. The molecule has 0 fully saturated rings. The highest BCUT2D eigenvalue weighted by Gasteiger charge is 2.39. The zero-order valence-electron chi connectivity index (χ0n) is 14.9. The van der Waals surface area contributed by atoms with Gasteiger partial charge >= 0.3 is 0 Å². The van der Waals surface area contributed by atoms with Crippen molar-refractivity contribution >= 4 is 50.9 Å². The molecule has 6 heteroatoms. The average Bonchev–Trinajstić information content (AvgIpc) is 3.13. The zero-order valence-corrected chi connectivity index (χ0v) is 15.7. The van der Waals surface area contributed by atoms with E-state index >= 15 is 0 Å². The molecule has 1 N–H and O–H groups in total. The molecule has 0 atom stereocenters. The summed E-state index contributed by atoms with van der Waals surface area (Å²) in [5, 5.41) is 11.8. The number of para-hydroxylation sites is 1. The Balaban J connectivity index is 1.86. The van der Waals surface area contributed by atoms with E-state index in [1.807, 2.05) is 19.1 Å². The van der Waals surface area contributed by atoms with Crippen LogP contribution in [0.3, 0.4) is 0 Å². The minimum Gasteiger partial charge on any atom is -0.508 e. The van der Waals surface area contributed by atoms with Crippen molar-refractivity contribution in [2.75, 3.05) is 4.90 Å². The van der Waals surface area contributed by atoms with E-state index in [2.05, 4.69) is 4.57 Å². The molecule has 5 rings (SSSR count). The van der Waals surface area contributed by atoms with Crippen LogP contribution in [0.2, 0.25) is 5.02 Å². The van der Waals surface area contributed by atoms with Crippen molar-refractivity contribution < 1.29 is 14.7 Å². The normalized spacial score (nSPS) is 13.7. The van der Waals surface area contributed by atoms with Crippen molar-refractivity contribution in [2.45, 2.75) is 13.5 Å². The largest absolute Gasteiger partial charge is 0.508 e. The molecular weight excluding hydrogens is 376 g/mol. The number of carbonyl (C=O) groups excluding carboxylic acids is 2. The molecule has 0 unspecified atom stereocenters. The summed E-state index contributed by atoms with van der Waals surface area (Å²) in [7, 11) is 0. The summed E-state index contributed by atoms with van der Waals surface area (Å²) in [5.74, 6) is -0.690. The van der Waals surface area contributed by atoms with Crippen LogP contribution in [0.15, 0.2) is 54.6 Å². The molecule has 0 spiro atoms. The van der Waals surface area contributed by atoms with Gasteiger partial charge in [0.25, 0.3) is 11.8 Å². The number of nitrogens with zero attached hydrogens (tertiary/aromatic N) is 2. The van der Waals surface area contributed by atoms with Crippen LogP contribution in [0.4, 0.5) is 5.69 Å². The number of phenols is 1. The molecule has 0 aliphatic carbocycles. The maximum Gasteiger partial charge on any atom is 0.266 e. The van der Waals surface area contributed by atoms with Gasteiger partial charge in [0.1, 0.15) is 5.75 Å². The van der Waals surface area contributed by atoms with Gasteiger partial charge in [0.2, 0.25) is 0 Å². The first-order chi connectivity index (χ1) is 13.5. The number of amides is 2. The fourth-order valence-corrected chi connectivity index (χ4v) is 4.32. The molecule has 2 heterocycles. The Kier molecular flexibility index (Phi) is 3.51. The minimum absolute atomic E-state index is 0.111. The molecule has 1 aromatic heterocycles. The molecule has 0 bridgehead atoms. The van der Waals surface area contributed by atoms with Crippen LogP contribution < -0.4 is 4.90 Å². The minimum atomic E-state index is -0.405. The Morgan fingerprint density at radius 3 is 2.46 bits per heavy atom. The number of hydrogen-bond acceptors (Lipinski definition) is 3. The smallest absolute Gasteiger partial charge is 0.266 e. The number of carbonyl (C=O) groups is 2. The first-order valence-electron chi connectivity index (χ1n) is 8.94. The third kappa shape index (κ3) is 2.08. The highest BCUT2D eigenvalue weighted by atomic mass is 35.5. The van der Waals surface area contributed by atoms with Crippen LogP contribution in [0.25, 0.3) is 21.8 Å². The lowest BCUT2D eigenvalue weighted by Crippen LogP contribution is -2.29. The molecule has 1 aliphatic rings. The zero-order chi connectivity index (χ0) is 19.6. The fraction of sp³-hybridized carbons (Fsp3) is 0.0909. The highest BCUT2D eigenvalue weighted by Crippen LogP contribution is 2.40. The maximum absolute atomic E-state index is 13.4. The van der Waals surface area contributed by atoms with E-state index in [4.69, 9.17) is 11.6 Å². The standard InChI is InChI=1S/C22H15ClN2O3/c1-2-24-16-9-7-12(26)11-14(16)19-18(24)10-8-13-20(19)22(28)25(21(13)27)17-6-4-3-5-15(17)23/h3-11,26H,2H2,1H3. The fourth-order valence-electron chi connectivity index (χ4n) is 4.10. The molecule has 28 heavy (non-hydrogen) atoms. The van der Waals surface area contributed by atoms with E-state index in [9.17, 15) is 14.7 Å². The number of halogens is 1. The Morgan fingerprint density at radius 2 is 1.71 bits per heavy atom. The maximum atomic E-state index is 13.4. The summed E-state index contributed by atoms with van der Waals surface area (Å²) >= 11 is 6.26. The van der Waals surface area contributed by atoms with Crippen LogP contribution in [0.5, 0.6) is 5.75 Å². The van der Waals surface area contributed by atoms with Crippen molar-refractivity contribution in [2.24, 2.45) is 0 Å². The molecule has 0 saturated carbocycles. The molecule has 2 amide bonds. The van der Waals surface area contributed by atoms with E-state index in [1.54, 1.807) is 42.5 Å². The number of benzene rings is 3. The van der Waals surface area contributed by atoms with Crippen LogP contribution in [-0.2, 0) is 6.54 Å². The van der Waals surface area contributed by atoms with Gasteiger partial charge in [-0.2, -0.15) is 0 Å². The average molecular weight is 391 g/mol. The van der Waals surface area contributed by atoms with Crippen molar-refractivity contribution in [3.05, 3.63) is 70.7 Å². The first-order valence-corrected chi connectivity index (χ1v) is 9.32. The number of fused-ring (bicyclic) bond motifs is 5. The highest BCUT2D eigenvalue weighted by molar-refractivity contribution is 6.42. The van der Waals surface area contributed by atoms with E-state index in [-0.39, 0.29) is 5.75 Å². The van der Waals surface area contributed by atoms with E-state index < -0.39 is 11.8 Å². The lowest BCUT2D eigenvalue weighted by molar-refractivity contribution is 0.0926. The molecule has 0 radical (unpaired) electrons. The summed E-state index contributed by atoms with van der Waals surface area (Å²) in [6.07, 6.45) is 0. The van der Waals surface area contributed by atoms with Gasteiger partial charge in [-0.25, -0.2) is 4.90 Å². The molecule has 5 nitrogen and oxygen atoms in total. The number of aromatic nitrogens is 1. The van der Waals surface area contributed by atoms with Gasteiger partial charge in [0.05, 0.1) is 21.8 Å². The summed E-state index contributed by atoms with van der Waals surface area (Å²) in [6.45, 7) is 2.71. The molecular formula is C22H15ClN2O3. The second kappa shape index (κ2) is 5.84.